The van der Waals surface area contributed by atoms with Crippen molar-refractivity contribution < 1.29 is 9.32 Å². The first-order chi connectivity index (χ1) is 6.63. The predicted molar refractivity (Wildman–Crippen MR) is 57.8 cm³/mol. The topological polar surface area (TPSA) is 63.3 Å². The largest absolute Gasteiger partial charge is 0.391 e. The van der Waals surface area contributed by atoms with Crippen LogP contribution in [0.4, 0.5) is 0 Å². The highest BCUT2D eigenvalue weighted by atomic mass is 35.5. The van der Waals surface area contributed by atoms with Crippen molar-refractivity contribution in [3.05, 3.63) is 29.3 Å². The Kier molecular flexibility index (Phi) is 4.54. The van der Waals surface area contributed by atoms with Crippen molar-refractivity contribution in [2.45, 2.75) is 11.0 Å². The molecule has 0 heterocycles. The van der Waals surface area contributed by atoms with Crippen molar-refractivity contribution in [3.63, 3.8) is 0 Å². The van der Waals surface area contributed by atoms with Crippen molar-refractivity contribution in [2.75, 3.05) is 12.3 Å². The van der Waals surface area contributed by atoms with Gasteiger partial charge in [0.1, 0.15) is 0 Å². The summed E-state index contributed by atoms with van der Waals surface area (Å²) in [4.78, 5) is 0.616. The summed E-state index contributed by atoms with van der Waals surface area (Å²) in [5, 5.41) is 9.75. The molecule has 3 nitrogen and oxygen atoms in total. The van der Waals surface area contributed by atoms with Gasteiger partial charge in [-0.1, -0.05) is 17.7 Å². The first-order valence-electron chi connectivity index (χ1n) is 4.15. The number of aliphatic hydroxyl groups is 1. The molecule has 3 N–H and O–H groups in total. The van der Waals surface area contributed by atoms with E-state index in [1.54, 1.807) is 24.3 Å². The Hall–Kier alpha value is -0.420. The molecule has 0 radical (unpaired) electrons. The van der Waals surface area contributed by atoms with Crippen molar-refractivity contribution in [1.29, 1.82) is 0 Å². The zero-order valence-corrected chi connectivity index (χ0v) is 9.09. The molecule has 0 fully saturated rings. The lowest BCUT2D eigenvalue weighted by atomic mass is 10.4. The summed E-state index contributed by atoms with van der Waals surface area (Å²) >= 11 is 5.74. The van der Waals surface area contributed by atoms with Crippen LogP contribution in [0, 0.1) is 0 Å². The number of aliphatic hydroxyl groups excluding tert-OH is 1. The molecule has 0 aliphatic carbocycles. The second kappa shape index (κ2) is 5.46. The van der Waals surface area contributed by atoms with Gasteiger partial charge in [0.2, 0.25) is 0 Å². The summed E-state index contributed by atoms with van der Waals surface area (Å²) in [6.45, 7) is 0.117. The first-order valence-corrected chi connectivity index (χ1v) is 5.85. The first kappa shape index (κ1) is 11.7. The highest BCUT2D eigenvalue weighted by Gasteiger charge is 2.09. The van der Waals surface area contributed by atoms with Crippen LogP contribution in [0.15, 0.2) is 29.2 Å². The zero-order chi connectivity index (χ0) is 10.6. The van der Waals surface area contributed by atoms with Crippen LogP contribution in [0.5, 0.6) is 0 Å². The minimum absolute atomic E-state index is 0.117. The molecule has 0 spiro atoms. The van der Waals surface area contributed by atoms with Gasteiger partial charge in [0, 0.05) is 16.5 Å². The molecular formula is C9H12ClNO2S. The number of halogens is 1. The standard InChI is InChI=1S/C9H12ClNO2S/c10-7-2-1-3-9(4-7)14(13)6-8(12)5-11/h1-4,8,12H,5-6,11H2. The van der Waals surface area contributed by atoms with Gasteiger partial charge in [-0.15, -0.1) is 0 Å². The third-order valence-corrected chi connectivity index (χ3v) is 3.38. The molecular weight excluding hydrogens is 222 g/mol. The van der Waals surface area contributed by atoms with Gasteiger partial charge in [0.05, 0.1) is 22.7 Å². The number of rotatable bonds is 4. The number of hydrogen-bond acceptors (Lipinski definition) is 3. The fourth-order valence-electron chi connectivity index (χ4n) is 0.948. The molecule has 78 valence electrons. The van der Waals surface area contributed by atoms with Gasteiger partial charge < -0.3 is 10.8 Å². The van der Waals surface area contributed by atoms with E-state index in [9.17, 15) is 9.32 Å². The van der Waals surface area contributed by atoms with E-state index in [0.717, 1.165) is 0 Å². The summed E-state index contributed by atoms with van der Waals surface area (Å²) in [5.41, 5.74) is 5.22. The van der Waals surface area contributed by atoms with Crippen molar-refractivity contribution in [3.8, 4) is 0 Å². The van der Waals surface area contributed by atoms with E-state index in [1.165, 1.54) is 0 Å². The molecule has 0 amide bonds. The van der Waals surface area contributed by atoms with Crippen LogP contribution < -0.4 is 5.73 Å². The lowest BCUT2D eigenvalue weighted by molar-refractivity contribution is 0.207. The Morgan fingerprint density at radius 1 is 1.57 bits per heavy atom. The average molecular weight is 234 g/mol. The van der Waals surface area contributed by atoms with Crippen LogP contribution in [-0.2, 0) is 10.8 Å². The van der Waals surface area contributed by atoms with Gasteiger partial charge >= 0.3 is 0 Å². The molecule has 2 unspecified atom stereocenters. The van der Waals surface area contributed by atoms with Crippen LogP contribution in [0.25, 0.3) is 0 Å². The van der Waals surface area contributed by atoms with Gasteiger partial charge in [-0.2, -0.15) is 0 Å². The molecule has 1 aromatic rings. The Morgan fingerprint density at radius 3 is 2.86 bits per heavy atom. The maximum absolute atomic E-state index is 11.6. The summed E-state index contributed by atoms with van der Waals surface area (Å²) in [5.74, 6) is 0.150. The molecule has 0 aliphatic heterocycles. The summed E-state index contributed by atoms with van der Waals surface area (Å²) in [7, 11) is -1.24. The second-order valence-electron chi connectivity index (χ2n) is 2.86. The molecule has 0 aliphatic rings. The van der Waals surface area contributed by atoms with E-state index in [1.807, 2.05) is 0 Å². The second-order valence-corrected chi connectivity index (χ2v) is 4.79. The highest BCUT2D eigenvalue weighted by Crippen LogP contribution is 2.14. The van der Waals surface area contributed by atoms with E-state index in [0.29, 0.717) is 9.92 Å². The Labute approximate surface area is 90.3 Å². The van der Waals surface area contributed by atoms with E-state index < -0.39 is 16.9 Å². The van der Waals surface area contributed by atoms with E-state index in [-0.39, 0.29) is 12.3 Å². The fraction of sp³-hybridized carbons (Fsp3) is 0.333. The van der Waals surface area contributed by atoms with Crippen LogP contribution >= 0.6 is 11.6 Å². The quantitative estimate of drug-likeness (QED) is 0.808. The van der Waals surface area contributed by atoms with Gasteiger partial charge in [-0.05, 0) is 18.2 Å². The summed E-state index contributed by atoms with van der Waals surface area (Å²) < 4.78 is 11.6. The molecule has 0 bridgehead atoms. The van der Waals surface area contributed by atoms with E-state index in [2.05, 4.69) is 0 Å². The SMILES string of the molecule is NCC(O)CS(=O)c1cccc(Cl)c1. The molecule has 1 rings (SSSR count). The predicted octanol–water partition coefficient (Wildman–Crippen LogP) is 0.767. The summed E-state index contributed by atoms with van der Waals surface area (Å²) in [6.07, 6.45) is -0.727. The molecule has 0 aromatic heterocycles. The van der Waals surface area contributed by atoms with Crippen molar-refractivity contribution in [2.24, 2.45) is 5.73 Å². The van der Waals surface area contributed by atoms with Gasteiger partial charge in [0.25, 0.3) is 0 Å². The van der Waals surface area contributed by atoms with E-state index in [4.69, 9.17) is 17.3 Å². The van der Waals surface area contributed by atoms with Crippen molar-refractivity contribution in [1.82, 2.24) is 0 Å². The maximum atomic E-state index is 11.6. The van der Waals surface area contributed by atoms with Crippen LogP contribution in [0.1, 0.15) is 0 Å². The van der Waals surface area contributed by atoms with Crippen LogP contribution in [0.3, 0.4) is 0 Å². The summed E-state index contributed by atoms with van der Waals surface area (Å²) in [6, 6.07) is 6.78. The van der Waals surface area contributed by atoms with Gasteiger partial charge in [0.15, 0.2) is 0 Å². The minimum Gasteiger partial charge on any atom is -0.391 e. The van der Waals surface area contributed by atoms with Gasteiger partial charge in [-0.3, -0.25) is 4.21 Å². The molecule has 0 saturated heterocycles. The Bertz CT molecular complexity index is 332. The molecule has 1 aromatic carbocycles. The molecule has 5 heteroatoms. The lowest BCUT2D eigenvalue weighted by Crippen LogP contribution is -2.25. The number of benzene rings is 1. The smallest absolute Gasteiger partial charge is 0.0781 e. The third-order valence-electron chi connectivity index (χ3n) is 1.67. The molecule has 0 saturated carbocycles. The normalized spacial score (nSPS) is 15.1. The highest BCUT2D eigenvalue weighted by molar-refractivity contribution is 7.85. The monoisotopic (exact) mass is 233 g/mol. The van der Waals surface area contributed by atoms with E-state index >= 15 is 0 Å². The number of hydrogen-bond donors (Lipinski definition) is 2. The lowest BCUT2D eigenvalue weighted by Gasteiger charge is -2.07. The fourth-order valence-corrected chi connectivity index (χ4v) is 2.37. The molecule has 2 atom stereocenters. The Morgan fingerprint density at radius 2 is 2.29 bits per heavy atom. The van der Waals surface area contributed by atoms with Crippen LogP contribution in [0.2, 0.25) is 5.02 Å². The minimum atomic E-state index is -1.24. The molecule has 14 heavy (non-hydrogen) atoms. The van der Waals surface area contributed by atoms with Gasteiger partial charge in [-0.25, -0.2) is 0 Å². The third kappa shape index (κ3) is 3.38. The number of nitrogens with two attached hydrogens (primary N) is 1. The average Bonchev–Trinajstić information content (AvgIpc) is 2.17. The van der Waals surface area contributed by atoms with Crippen molar-refractivity contribution >= 4 is 22.4 Å². The zero-order valence-electron chi connectivity index (χ0n) is 7.52. The van der Waals surface area contributed by atoms with Crippen LogP contribution in [-0.4, -0.2) is 27.7 Å². The Balaban J connectivity index is 2.70. The maximum Gasteiger partial charge on any atom is 0.0781 e.